The Hall–Kier alpha value is -0.770. The largest absolute Gasteiger partial charge is 0.461 e. The molecule has 0 heterocycles. The fourth-order valence-corrected chi connectivity index (χ4v) is 1.56. The van der Waals surface area contributed by atoms with E-state index in [4.69, 9.17) is 27.9 Å². The summed E-state index contributed by atoms with van der Waals surface area (Å²) in [6, 6.07) is 5.08. The molecule has 0 fully saturated rings. The van der Waals surface area contributed by atoms with Crippen molar-refractivity contribution in [1.82, 2.24) is 5.32 Å². The molecule has 0 amide bonds. The fraction of sp³-hybridized carbons (Fsp3) is 0.364. The van der Waals surface area contributed by atoms with Gasteiger partial charge in [-0.3, -0.25) is 4.79 Å². The third-order valence-corrected chi connectivity index (χ3v) is 2.57. The van der Waals surface area contributed by atoms with Gasteiger partial charge in [-0.15, -0.1) is 0 Å². The van der Waals surface area contributed by atoms with Gasteiger partial charge >= 0.3 is 5.97 Å². The Morgan fingerprint density at radius 2 is 2.19 bits per heavy atom. The molecule has 1 aromatic carbocycles. The molecule has 0 aliphatic carbocycles. The van der Waals surface area contributed by atoms with Crippen molar-refractivity contribution >= 4 is 29.2 Å². The van der Waals surface area contributed by atoms with Crippen LogP contribution in [0.3, 0.4) is 0 Å². The molecule has 0 aromatic heterocycles. The van der Waals surface area contributed by atoms with Gasteiger partial charge in [0.1, 0.15) is 6.61 Å². The van der Waals surface area contributed by atoms with E-state index in [9.17, 15) is 4.79 Å². The fourth-order valence-electron chi connectivity index (χ4n) is 1.10. The van der Waals surface area contributed by atoms with Crippen LogP contribution in [0.25, 0.3) is 0 Å². The van der Waals surface area contributed by atoms with Gasteiger partial charge in [-0.05, 0) is 19.2 Å². The predicted molar refractivity (Wildman–Crippen MR) is 64.8 cm³/mol. The number of esters is 1. The number of halogens is 2. The molecular weight excluding hydrogens is 249 g/mol. The van der Waals surface area contributed by atoms with Crippen molar-refractivity contribution in [1.29, 1.82) is 0 Å². The highest BCUT2D eigenvalue weighted by molar-refractivity contribution is 6.35. The molecule has 1 N–H and O–H groups in total. The molecule has 0 aliphatic heterocycles. The number of benzene rings is 1. The lowest BCUT2D eigenvalue weighted by Crippen LogP contribution is -2.14. The Balaban J connectivity index is 2.45. The number of carbonyl (C=O) groups is 1. The zero-order chi connectivity index (χ0) is 12.0. The highest BCUT2D eigenvalue weighted by atomic mass is 35.5. The summed E-state index contributed by atoms with van der Waals surface area (Å²) >= 11 is 11.7. The molecule has 0 radical (unpaired) electrons. The number of nitrogens with one attached hydrogen (secondary N) is 1. The average molecular weight is 262 g/mol. The first-order valence-corrected chi connectivity index (χ1v) is 5.63. The van der Waals surface area contributed by atoms with Crippen LogP contribution in [0, 0.1) is 0 Å². The molecule has 5 heteroatoms. The maximum absolute atomic E-state index is 11.2. The standard InChI is InChI=1S/C11H13Cl2NO2/c1-14-5-4-11(15)16-7-8-2-3-9(12)6-10(8)13/h2-3,6,14H,4-5,7H2,1H3. The lowest BCUT2D eigenvalue weighted by Gasteiger charge is -2.06. The number of hydrogen-bond acceptors (Lipinski definition) is 3. The van der Waals surface area contributed by atoms with Crippen LogP contribution in [0.4, 0.5) is 0 Å². The van der Waals surface area contributed by atoms with Crippen molar-refractivity contribution in [2.45, 2.75) is 13.0 Å². The zero-order valence-corrected chi connectivity index (χ0v) is 10.4. The summed E-state index contributed by atoms with van der Waals surface area (Å²) < 4.78 is 5.04. The van der Waals surface area contributed by atoms with Crippen LogP contribution in [-0.4, -0.2) is 19.6 Å². The minimum Gasteiger partial charge on any atom is -0.461 e. The molecule has 0 spiro atoms. The number of hydrogen-bond donors (Lipinski definition) is 1. The van der Waals surface area contributed by atoms with Gasteiger partial charge in [-0.25, -0.2) is 0 Å². The Morgan fingerprint density at radius 1 is 1.44 bits per heavy atom. The van der Waals surface area contributed by atoms with Gasteiger partial charge in [-0.2, -0.15) is 0 Å². The third-order valence-electron chi connectivity index (χ3n) is 1.98. The predicted octanol–water partition coefficient (Wildman–Crippen LogP) is 2.65. The molecule has 3 nitrogen and oxygen atoms in total. The number of rotatable bonds is 5. The quantitative estimate of drug-likeness (QED) is 0.829. The van der Waals surface area contributed by atoms with E-state index in [0.29, 0.717) is 23.0 Å². The maximum atomic E-state index is 11.2. The smallest absolute Gasteiger partial charge is 0.307 e. The first-order valence-electron chi connectivity index (χ1n) is 4.87. The lowest BCUT2D eigenvalue weighted by atomic mass is 10.2. The minimum absolute atomic E-state index is 0.179. The molecule has 88 valence electrons. The topological polar surface area (TPSA) is 38.3 Å². The molecule has 0 atom stereocenters. The first kappa shape index (κ1) is 13.3. The minimum atomic E-state index is -0.250. The van der Waals surface area contributed by atoms with Crippen LogP contribution in [0.15, 0.2) is 18.2 Å². The van der Waals surface area contributed by atoms with Crippen LogP contribution in [0.1, 0.15) is 12.0 Å². The Morgan fingerprint density at radius 3 is 2.81 bits per heavy atom. The highest BCUT2D eigenvalue weighted by Crippen LogP contribution is 2.21. The molecule has 16 heavy (non-hydrogen) atoms. The monoisotopic (exact) mass is 261 g/mol. The van der Waals surface area contributed by atoms with Crippen LogP contribution < -0.4 is 5.32 Å². The molecule has 0 bridgehead atoms. The lowest BCUT2D eigenvalue weighted by molar-refractivity contribution is -0.144. The molecule has 0 unspecified atom stereocenters. The van der Waals surface area contributed by atoms with Crippen LogP contribution in [-0.2, 0) is 16.1 Å². The Bertz CT molecular complexity index is 369. The summed E-state index contributed by atoms with van der Waals surface area (Å²) in [5.41, 5.74) is 0.754. The van der Waals surface area contributed by atoms with Crippen LogP contribution in [0.2, 0.25) is 10.0 Å². The van der Waals surface area contributed by atoms with Gasteiger partial charge in [-0.1, -0.05) is 29.3 Å². The van der Waals surface area contributed by atoms with E-state index >= 15 is 0 Å². The van der Waals surface area contributed by atoms with Crippen LogP contribution >= 0.6 is 23.2 Å². The van der Waals surface area contributed by atoms with Crippen molar-refractivity contribution in [3.63, 3.8) is 0 Å². The zero-order valence-electron chi connectivity index (χ0n) is 8.93. The van der Waals surface area contributed by atoms with Gasteiger partial charge in [0.05, 0.1) is 6.42 Å². The SMILES string of the molecule is CNCCC(=O)OCc1ccc(Cl)cc1Cl. The Labute approximate surface area is 105 Å². The van der Waals surface area contributed by atoms with E-state index in [-0.39, 0.29) is 12.6 Å². The number of ether oxygens (including phenoxy) is 1. The summed E-state index contributed by atoms with van der Waals surface area (Å²) in [5.74, 6) is -0.250. The maximum Gasteiger partial charge on any atom is 0.307 e. The molecule has 1 aromatic rings. The van der Waals surface area contributed by atoms with Crippen LogP contribution in [0.5, 0.6) is 0 Å². The normalized spacial score (nSPS) is 10.2. The molecule has 0 saturated carbocycles. The molecular formula is C11H13Cl2NO2. The summed E-state index contributed by atoms with van der Waals surface area (Å²) in [4.78, 5) is 11.2. The summed E-state index contributed by atoms with van der Waals surface area (Å²) in [7, 11) is 1.78. The second-order valence-corrected chi connectivity index (χ2v) is 4.09. The highest BCUT2D eigenvalue weighted by Gasteiger charge is 2.05. The second kappa shape index (κ2) is 6.74. The number of carbonyl (C=O) groups excluding carboxylic acids is 1. The molecule has 1 rings (SSSR count). The summed E-state index contributed by atoms with van der Waals surface area (Å²) in [6.07, 6.45) is 0.349. The molecule has 0 saturated heterocycles. The Kier molecular flexibility index (Phi) is 5.60. The van der Waals surface area contributed by atoms with Crippen molar-refractivity contribution < 1.29 is 9.53 Å². The van der Waals surface area contributed by atoms with Crippen molar-refractivity contribution in [3.8, 4) is 0 Å². The van der Waals surface area contributed by atoms with Crippen molar-refractivity contribution in [2.75, 3.05) is 13.6 Å². The van der Waals surface area contributed by atoms with E-state index < -0.39 is 0 Å². The van der Waals surface area contributed by atoms with Crippen molar-refractivity contribution in [3.05, 3.63) is 33.8 Å². The summed E-state index contributed by atoms with van der Waals surface area (Å²) in [5, 5.41) is 3.94. The van der Waals surface area contributed by atoms with Gasteiger partial charge in [0.15, 0.2) is 0 Å². The second-order valence-electron chi connectivity index (χ2n) is 3.25. The van der Waals surface area contributed by atoms with Gasteiger partial charge in [0.25, 0.3) is 0 Å². The average Bonchev–Trinajstić information content (AvgIpc) is 2.25. The van der Waals surface area contributed by atoms with Crippen molar-refractivity contribution in [2.24, 2.45) is 0 Å². The summed E-state index contributed by atoms with van der Waals surface area (Å²) in [6.45, 7) is 0.783. The van der Waals surface area contributed by atoms with Gasteiger partial charge < -0.3 is 10.1 Å². The third kappa shape index (κ3) is 4.39. The van der Waals surface area contributed by atoms with E-state index in [1.54, 1.807) is 25.2 Å². The first-order chi connectivity index (χ1) is 7.63. The van der Waals surface area contributed by atoms with E-state index in [1.807, 2.05) is 0 Å². The van der Waals surface area contributed by atoms with Gasteiger partial charge in [0.2, 0.25) is 0 Å². The van der Waals surface area contributed by atoms with E-state index in [2.05, 4.69) is 5.32 Å². The van der Waals surface area contributed by atoms with Gasteiger partial charge in [0, 0.05) is 22.2 Å². The van der Waals surface area contributed by atoms with E-state index in [1.165, 1.54) is 0 Å². The van der Waals surface area contributed by atoms with E-state index in [0.717, 1.165) is 5.56 Å². The molecule has 0 aliphatic rings.